The summed E-state index contributed by atoms with van der Waals surface area (Å²) in [5.41, 5.74) is 2.50. The van der Waals surface area contributed by atoms with E-state index >= 15 is 0 Å². The van der Waals surface area contributed by atoms with Gasteiger partial charge in [0, 0.05) is 0 Å². The van der Waals surface area contributed by atoms with Gasteiger partial charge in [-0.1, -0.05) is 38.1 Å². The van der Waals surface area contributed by atoms with Crippen molar-refractivity contribution >= 4 is 0 Å². The van der Waals surface area contributed by atoms with Crippen molar-refractivity contribution < 1.29 is 0 Å². The van der Waals surface area contributed by atoms with Crippen LogP contribution >= 0.6 is 0 Å². The minimum atomic E-state index is 0.741. The van der Waals surface area contributed by atoms with Crippen molar-refractivity contribution in [3.05, 3.63) is 42.3 Å². The number of rotatable bonds is 2. The lowest BCUT2D eigenvalue weighted by Crippen LogP contribution is -1.93. The predicted octanol–water partition coefficient (Wildman–Crippen LogP) is 3.07. The molecule has 1 rings (SSSR count). The van der Waals surface area contributed by atoms with E-state index in [4.69, 9.17) is 0 Å². The fraction of sp³-hybridized carbons (Fsp3) is 0.364. The van der Waals surface area contributed by atoms with E-state index in [0.29, 0.717) is 0 Å². The molecule has 0 nitrogen and oxygen atoms in total. The van der Waals surface area contributed by atoms with Gasteiger partial charge in [0.15, 0.2) is 0 Å². The number of benzene rings is 1. The summed E-state index contributed by atoms with van der Waals surface area (Å²) in [5, 5.41) is 0. The molecule has 0 aliphatic rings. The molecule has 0 aliphatic heterocycles. The number of hydrogen-bond acceptors (Lipinski definition) is 0. The molecule has 59 valence electrons. The molecule has 0 bridgehead atoms. The van der Waals surface area contributed by atoms with Gasteiger partial charge in [0.1, 0.15) is 0 Å². The molecule has 0 heterocycles. The van der Waals surface area contributed by atoms with Crippen LogP contribution in [0.5, 0.6) is 0 Å². The lowest BCUT2D eigenvalue weighted by Gasteiger charge is -2.04. The van der Waals surface area contributed by atoms with Crippen molar-refractivity contribution in [1.29, 1.82) is 0 Å². The molecule has 11 heavy (non-hydrogen) atoms. The van der Waals surface area contributed by atoms with Gasteiger partial charge in [0.05, 0.1) is 0 Å². The lowest BCUT2D eigenvalue weighted by molar-refractivity contribution is 0.647. The third-order valence-electron chi connectivity index (χ3n) is 1.67. The molecule has 1 aromatic carbocycles. The molecule has 0 saturated heterocycles. The highest BCUT2D eigenvalue weighted by molar-refractivity contribution is 5.24. The maximum atomic E-state index is 3.84. The Kier molecular flexibility index (Phi) is 2.70. The van der Waals surface area contributed by atoms with Crippen LogP contribution in [-0.4, -0.2) is 0 Å². The van der Waals surface area contributed by atoms with Crippen LogP contribution in [0.1, 0.15) is 25.0 Å². The van der Waals surface area contributed by atoms with E-state index in [0.717, 1.165) is 11.5 Å². The predicted molar refractivity (Wildman–Crippen MR) is 49.4 cm³/mol. The van der Waals surface area contributed by atoms with E-state index in [1.807, 2.05) is 0 Å². The summed E-state index contributed by atoms with van der Waals surface area (Å²) in [6, 6.07) is 8.44. The largest absolute Gasteiger partial charge is 0.0625 e. The van der Waals surface area contributed by atoms with E-state index in [1.54, 1.807) is 0 Å². The first-order chi connectivity index (χ1) is 5.18. The van der Waals surface area contributed by atoms with Gasteiger partial charge in [-0.2, -0.15) is 0 Å². The van der Waals surface area contributed by atoms with Gasteiger partial charge < -0.3 is 0 Å². The Bertz CT molecular complexity index is 206. The van der Waals surface area contributed by atoms with E-state index < -0.39 is 0 Å². The minimum absolute atomic E-state index is 0.741. The van der Waals surface area contributed by atoms with Crippen molar-refractivity contribution in [1.82, 2.24) is 0 Å². The average Bonchev–Trinajstić information content (AvgIpc) is 1.93. The van der Waals surface area contributed by atoms with E-state index in [9.17, 15) is 0 Å². The van der Waals surface area contributed by atoms with Gasteiger partial charge >= 0.3 is 0 Å². The fourth-order valence-electron chi connectivity index (χ4n) is 1.15. The monoisotopic (exact) mass is 147 g/mol. The van der Waals surface area contributed by atoms with Gasteiger partial charge in [-0.05, 0) is 30.4 Å². The van der Waals surface area contributed by atoms with Crippen LogP contribution in [0.15, 0.2) is 24.3 Å². The zero-order valence-electron chi connectivity index (χ0n) is 7.30. The Balaban J connectivity index is 2.66. The van der Waals surface area contributed by atoms with Crippen molar-refractivity contribution in [3.8, 4) is 0 Å². The Hall–Kier alpha value is -0.780. The van der Waals surface area contributed by atoms with E-state index in [2.05, 4.69) is 45.0 Å². The van der Waals surface area contributed by atoms with E-state index in [-0.39, 0.29) is 0 Å². The average molecular weight is 147 g/mol. The summed E-state index contributed by atoms with van der Waals surface area (Å²) in [6.45, 7) is 8.31. The second-order valence-electron chi connectivity index (χ2n) is 3.41. The standard InChI is InChI=1S/C11H15/c1-9(2)8-11-6-4-10(3)5-7-11/h4-7,9H,3,8H2,1-2H3. The summed E-state index contributed by atoms with van der Waals surface area (Å²) in [4.78, 5) is 0. The first-order valence-electron chi connectivity index (χ1n) is 4.09. The summed E-state index contributed by atoms with van der Waals surface area (Å²) in [5.74, 6) is 0.741. The van der Waals surface area contributed by atoms with Gasteiger partial charge in [-0.3, -0.25) is 0 Å². The smallest absolute Gasteiger partial charge is 0.0238 e. The van der Waals surface area contributed by atoms with Crippen LogP contribution in [0.25, 0.3) is 0 Å². The fourth-order valence-corrected chi connectivity index (χ4v) is 1.15. The summed E-state index contributed by atoms with van der Waals surface area (Å²) in [6.07, 6.45) is 1.17. The summed E-state index contributed by atoms with van der Waals surface area (Å²) >= 11 is 0. The van der Waals surface area contributed by atoms with Gasteiger partial charge in [0.25, 0.3) is 0 Å². The Labute approximate surface area is 69.3 Å². The molecule has 0 aromatic heterocycles. The second-order valence-corrected chi connectivity index (χ2v) is 3.41. The van der Waals surface area contributed by atoms with Crippen molar-refractivity contribution in [2.45, 2.75) is 20.3 Å². The maximum absolute atomic E-state index is 3.84. The van der Waals surface area contributed by atoms with Crippen LogP contribution < -0.4 is 0 Å². The summed E-state index contributed by atoms with van der Waals surface area (Å²) in [7, 11) is 0. The molecule has 1 aromatic rings. The minimum Gasteiger partial charge on any atom is -0.0625 e. The first kappa shape index (κ1) is 8.32. The maximum Gasteiger partial charge on any atom is -0.0238 e. The summed E-state index contributed by atoms with van der Waals surface area (Å²) < 4.78 is 0. The molecule has 0 fully saturated rings. The topological polar surface area (TPSA) is 0 Å². The third kappa shape index (κ3) is 2.75. The molecular weight excluding hydrogens is 132 g/mol. The Morgan fingerprint density at radius 1 is 1.18 bits per heavy atom. The Morgan fingerprint density at radius 2 is 1.73 bits per heavy atom. The van der Waals surface area contributed by atoms with Crippen LogP contribution in [0.4, 0.5) is 0 Å². The molecule has 0 spiro atoms. The highest BCUT2D eigenvalue weighted by Crippen LogP contribution is 2.08. The lowest BCUT2D eigenvalue weighted by atomic mass is 10.0. The second kappa shape index (κ2) is 3.56. The van der Waals surface area contributed by atoms with Gasteiger partial charge in [0.2, 0.25) is 0 Å². The van der Waals surface area contributed by atoms with Crippen LogP contribution in [0.2, 0.25) is 0 Å². The van der Waals surface area contributed by atoms with Crippen molar-refractivity contribution in [2.24, 2.45) is 5.92 Å². The van der Waals surface area contributed by atoms with Crippen LogP contribution in [-0.2, 0) is 6.42 Å². The first-order valence-corrected chi connectivity index (χ1v) is 4.09. The molecule has 0 saturated carbocycles. The van der Waals surface area contributed by atoms with Crippen molar-refractivity contribution in [3.63, 3.8) is 0 Å². The zero-order chi connectivity index (χ0) is 8.27. The Morgan fingerprint density at radius 3 is 2.18 bits per heavy atom. The molecule has 0 N–H and O–H groups in total. The molecule has 0 aliphatic carbocycles. The molecule has 0 unspecified atom stereocenters. The highest BCUT2D eigenvalue weighted by Gasteiger charge is 1.95. The quantitative estimate of drug-likeness (QED) is 0.603. The van der Waals surface area contributed by atoms with Crippen LogP contribution in [0, 0.1) is 12.8 Å². The van der Waals surface area contributed by atoms with Gasteiger partial charge in [-0.25, -0.2) is 0 Å². The highest BCUT2D eigenvalue weighted by atomic mass is 14.0. The van der Waals surface area contributed by atoms with Gasteiger partial charge in [-0.15, -0.1) is 0 Å². The number of hydrogen-bond donors (Lipinski definition) is 0. The molecule has 0 heteroatoms. The normalized spacial score (nSPS) is 10.5. The third-order valence-corrected chi connectivity index (χ3v) is 1.67. The molecule has 0 atom stereocenters. The SMILES string of the molecule is [CH2]c1ccc(CC(C)C)cc1. The van der Waals surface area contributed by atoms with E-state index in [1.165, 1.54) is 12.0 Å². The van der Waals surface area contributed by atoms with Crippen LogP contribution in [0.3, 0.4) is 0 Å². The molecule has 0 amide bonds. The molecule has 1 radical (unpaired) electrons. The zero-order valence-corrected chi connectivity index (χ0v) is 7.30. The van der Waals surface area contributed by atoms with Crippen molar-refractivity contribution in [2.75, 3.05) is 0 Å². The molecular formula is C11H15.